The van der Waals surface area contributed by atoms with Crippen molar-refractivity contribution in [2.45, 2.75) is 13.8 Å². The molecule has 92 valence electrons. The van der Waals surface area contributed by atoms with Gasteiger partial charge in [0.1, 0.15) is 0 Å². The van der Waals surface area contributed by atoms with Crippen LogP contribution in [-0.2, 0) is 0 Å². The predicted molar refractivity (Wildman–Crippen MR) is 61.7 cm³/mol. The van der Waals surface area contributed by atoms with Crippen LogP contribution in [0.3, 0.4) is 0 Å². The molecule has 1 amide bonds. The molecule has 2 saturated heterocycles. The maximum Gasteiger partial charge on any atom is 0.291 e. The van der Waals surface area contributed by atoms with Crippen LogP contribution < -0.4 is 5.32 Å². The molecular weight excluding hydrogens is 218 g/mol. The summed E-state index contributed by atoms with van der Waals surface area (Å²) in [7, 11) is 0. The van der Waals surface area contributed by atoms with Crippen molar-refractivity contribution in [2.75, 3.05) is 26.2 Å². The molecule has 1 N–H and O–H groups in total. The number of rotatable bonds is 1. The Morgan fingerprint density at radius 3 is 2.53 bits per heavy atom. The molecule has 2 atom stereocenters. The fourth-order valence-corrected chi connectivity index (χ4v) is 2.89. The highest BCUT2D eigenvalue weighted by atomic mass is 16.4. The highest BCUT2D eigenvalue weighted by molar-refractivity contribution is 5.92. The largest absolute Gasteiger partial charge is 0.436 e. The van der Waals surface area contributed by atoms with Crippen LogP contribution in [0.5, 0.6) is 0 Å². The first-order valence-electron chi connectivity index (χ1n) is 6.09. The monoisotopic (exact) mass is 235 g/mol. The van der Waals surface area contributed by atoms with E-state index in [0.29, 0.717) is 29.2 Å². The maximum absolute atomic E-state index is 12.3. The fraction of sp³-hybridized carbons (Fsp3) is 0.667. The molecule has 0 aliphatic carbocycles. The SMILES string of the molecule is Cc1nc(C)c(C(=O)N2CC3CNCC3C2)o1. The molecule has 0 spiro atoms. The zero-order chi connectivity index (χ0) is 12.0. The third kappa shape index (κ3) is 1.74. The van der Waals surface area contributed by atoms with Gasteiger partial charge in [-0.1, -0.05) is 0 Å². The molecule has 0 aromatic carbocycles. The van der Waals surface area contributed by atoms with Crippen molar-refractivity contribution in [2.24, 2.45) is 11.8 Å². The van der Waals surface area contributed by atoms with E-state index in [1.165, 1.54) is 0 Å². The molecule has 2 aliphatic heterocycles. The number of aromatic nitrogens is 1. The van der Waals surface area contributed by atoms with E-state index in [4.69, 9.17) is 4.42 Å². The van der Waals surface area contributed by atoms with Crippen LogP contribution in [0.25, 0.3) is 0 Å². The van der Waals surface area contributed by atoms with E-state index in [1.807, 2.05) is 11.8 Å². The summed E-state index contributed by atoms with van der Waals surface area (Å²) in [6, 6.07) is 0. The van der Waals surface area contributed by atoms with E-state index in [1.54, 1.807) is 6.92 Å². The van der Waals surface area contributed by atoms with E-state index < -0.39 is 0 Å². The molecule has 5 heteroatoms. The number of carbonyl (C=O) groups excluding carboxylic acids is 1. The molecule has 1 aromatic rings. The van der Waals surface area contributed by atoms with E-state index in [2.05, 4.69) is 10.3 Å². The van der Waals surface area contributed by atoms with Gasteiger partial charge in [0, 0.05) is 33.1 Å². The summed E-state index contributed by atoms with van der Waals surface area (Å²) in [6.07, 6.45) is 0. The lowest BCUT2D eigenvalue weighted by atomic mass is 10.0. The van der Waals surface area contributed by atoms with Crippen LogP contribution in [0.15, 0.2) is 4.42 Å². The average molecular weight is 235 g/mol. The van der Waals surface area contributed by atoms with Crippen LogP contribution >= 0.6 is 0 Å². The first-order valence-corrected chi connectivity index (χ1v) is 6.09. The van der Waals surface area contributed by atoms with Gasteiger partial charge in [0.05, 0.1) is 5.69 Å². The van der Waals surface area contributed by atoms with Crippen molar-refractivity contribution < 1.29 is 9.21 Å². The van der Waals surface area contributed by atoms with E-state index >= 15 is 0 Å². The summed E-state index contributed by atoms with van der Waals surface area (Å²) in [5, 5.41) is 3.37. The minimum absolute atomic E-state index is 0.00231. The Kier molecular flexibility index (Phi) is 2.43. The summed E-state index contributed by atoms with van der Waals surface area (Å²) in [4.78, 5) is 18.3. The van der Waals surface area contributed by atoms with Gasteiger partial charge in [-0.05, 0) is 18.8 Å². The van der Waals surface area contributed by atoms with Gasteiger partial charge in [-0.3, -0.25) is 4.79 Å². The molecule has 0 bridgehead atoms. The van der Waals surface area contributed by atoms with Crippen molar-refractivity contribution >= 4 is 5.91 Å². The van der Waals surface area contributed by atoms with Gasteiger partial charge in [-0.25, -0.2) is 4.98 Å². The molecular formula is C12H17N3O2. The van der Waals surface area contributed by atoms with Crippen LogP contribution in [-0.4, -0.2) is 42.0 Å². The van der Waals surface area contributed by atoms with Crippen molar-refractivity contribution in [3.63, 3.8) is 0 Å². The second-order valence-corrected chi connectivity index (χ2v) is 5.04. The summed E-state index contributed by atoms with van der Waals surface area (Å²) < 4.78 is 5.39. The second-order valence-electron chi connectivity index (χ2n) is 5.04. The number of likely N-dealkylation sites (tertiary alicyclic amines) is 1. The number of aryl methyl sites for hydroxylation is 2. The summed E-state index contributed by atoms with van der Waals surface area (Å²) in [5.74, 6) is 2.20. The minimum atomic E-state index is -0.00231. The summed E-state index contributed by atoms with van der Waals surface area (Å²) in [6.45, 7) is 7.34. The normalized spacial score (nSPS) is 27.5. The van der Waals surface area contributed by atoms with Crippen LogP contribution in [0.1, 0.15) is 22.1 Å². The minimum Gasteiger partial charge on any atom is -0.436 e. The number of hydrogen-bond acceptors (Lipinski definition) is 4. The van der Waals surface area contributed by atoms with E-state index in [9.17, 15) is 4.79 Å². The van der Waals surface area contributed by atoms with Crippen molar-refractivity contribution in [3.8, 4) is 0 Å². The summed E-state index contributed by atoms with van der Waals surface area (Å²) in [5.41, 5.74) is 0.697. The van der Waals surface area contributed by atoms with Crippen molar-refractivity contribution in [3.05, 3.63) is 17.3 Å². The third-order valence-corrected chi connectivity index (χ3v) is 3.77. The average Bonchev–Trinajstić information content (AvgIpc) is 2.90. The molecule has 2 unspecified atom stereocenters. The zero-order valence-electron chi connectivity index (χ0n) is 10.2. The molecule has 1 aromatic heterocycles. The van der Waals surface area contributed by atoms with Gasteiger partial charge < -0.3 is 14.6 Å². The Bertz CT molecular complexity index is 443. The predicted octanol–water partition coefficient (Wildman–Crippen LogP) is 0.583. The fourth-order valence-electron chi connectivity index (χ4n) is 2.89. The molecule has 2 fully saturated rings. The van der Waals surface area contributed by atoms with Crippen LogP contribution in [0, 0.1) is 25.7 Å². The molecule has 5 nitrogen and oxygen atoms in total. The summed E-state index contributed by atoms with van der Waals surface area (Å²) >= 11 is 0. The maximum atomic E-state index is 12.3. The van der Waals surface area contributed by atoms with Gasteiger partial charge in [0.2, 0.25) is 5.76 Å². The van der Waals surface area contributed by atoms with Gasteiger partial charge in [0.15, 0.2) is 5.89 Å². The van der Waals surface area contributed by atoms with Gasteiger partial charge in [0.25, 0.3) is 5.91 Å². The molecule has 3 rings (SSSR count). The highest BCUT2D eigenvalue weighted by Crippen LogP contribution is 2.28. The van der Waals surface area contributed by atoms with E-state index in [0.717, 1.165) is 26.2 Å². The number of carbonyl (C=O) groups is 1. The Labute approximate surface area is 100 Å². The number of nitrogens with zero attached hydrogens (tertiary/aromatic N) is 2. The topological polar surface area (TPSA) is 58.4 Å². The molecule has 17 heavy (non-hydrogen) atoms. The molecule has 3 heterocycles. The lowest BCUT2D eigenvalue weighted by molar-refractivity contribution is 0.0747. The second kappa shape index (κ2) is 3.84. The molecule has 2 aliphatic rings. The van der Waals surface area contributed by atoms with Gasteiger partial charge >= 0.3 is 0 Å². The molecule has 0 saturated carbocycles. The van der Waals surface area contributed by atoms with Gasteiger partial charge in [-0.15, -0.1) is 0 Å². The number of oxazole rings is 1. The first kappa shape index (κ1) is 10.8. The lowest BCUT2D eigenvalue weighted by Gasteiger charge is -2.15. The van der Waals surface area contributed by atoms with E-state index in [-0.39, 0.29) is 5.91 Å². The smallest absolute Gasteiger partial charge is 0.291 e. The Hall–Kier alpha value is -1.36. The third-order valence-electron chi connectivity index (χ3n) is 3.77. The van der Waals surface area contributed by atoms with Crippen LogP contribution in [0.2, 0.25) is 0 Å². The Balaban J connectivity index is 1.77. The quantitative estimate of drug-likeness (QED) is 0.773. The van der Waals surface area contributed by atoms with Crippen LogP contribution in [0.4, 0.5) is 0 Å². The van der Waals surface area contributed by atoms with Gasteiger partial charge in [-0.2, -0.15) is 0 Å². The van der Waals surface area contributed by atoms with Crippen molar-refractivity contribution in [1.82, 2.24) is 15.2 Å². The van der Waals surface area contributed by atoms with Crippen molar-refractivity contribution in [1.29, 1.82) is 0 Å². The number of nitrogens with one attached hydrogen (secondary N) is 1. The first-order chi connectivity index (χ1) is 8.15. The lowest BCUT2D eigenvalue weighted by Crippen LogP contribution is -2.32. The Morgan fingerprint density at radius 2 is 2.00 bits per heavy atom. The number of hydrogen-bond donors (Lipinski definition) is 1. The highest BCUT2D eigenvalue weighted by Gasteiger charge is 2.39. The standard InChI is InChI=1S/C12H17N3O2/c1-7-11(17-8(2)14-7)12(16)15-5-9-3-13-4-10(9)6-15/h9-10,13H,3-6H2,1-2H3. The number of fused-ring (bicyclic) bond motifs is 1. The zero-order valence-corrected chi connectivity index (χ0v) is 10.2. The Morgan fingerprint density at radius 1 is 1.35 bits per heavy atom. The molecule has 0 radical (unpaired) electrons. The number of amides is 1.